The summed E-state index contributed by atoms with van der Waals surface area (Å²) in [6, 6.07) is 13.1. The molecule has 7 heteroatoms. The highest BCUT2D eigenvalue weighted by Gasteiger charge is 2.27. The molecule has 1 heterocycles. The number of benzene rings is 2. The number of carbonyl (C=O) groups excluding carboxylic acids is 1. The molecule has 0 saturated heterocycles. The maximum Gasteiger partial charge on any atom is 0.356 e. The summed E-state index contributed by atoms with van der Waals surface area (Å²) in [7, 11) is -4.03. The van der Waals surface area contributed by atoms with Crippen LogP contribution in [0.4, 0.5) is 0 Å². The van der Waals surface area contributed by atoms with Gasteiger partial charge in [0.1, 0.15) is 17.1 Å². The van der Waals surface area contributed by atoms with Gasteiger partial charge in [-0.3, -0.25) is 0 Å². The fourth-order valence-corrected chi connectivity index (χ4v) is 4.72. The van der Waals surface area contributed by atoms with E-state index in [2.05, 4.69) is 6.58 Å². The number of rotatable bonds is 6. The van der Waals surface area contributed by atoms with E-state index in [1.165, 1.54) is 18.2 Å². The molecule has 0 saturated carbocycles. The quantitative estimate of drug-likeness (QED) is 0.391. The summed E-state index contributed by atoms with van der Waals surface area (Å²) in [6.07, 6.45) is 0. The van der Waals surface area contributed by atoms with E-state index in [1.807, 2.05) is 27.7 Å². The van der Waals surface area contributed by atoms with Crippen LogP contribution in [0.2, 0.25) is 0 Å². The number of ether oxygens (including phenoxy) is 2. The van der Waals surface area contributed by atoms with E-state index in [9.17, 15) is 13.2 Å². The molecule has 1 aromatic heterocycles. The molecule has 6 nitrogen and oxygen atoms in total. The first-order valence-electron chi connectivity index (χ1n) is 9.97. The first-order chi connectivity index (χ1) is 14.4. The predicted octanol–water partition coefficient (Wildman–Crippen LogP) is 5.15. The van der Waals surface area contributed by atoms with Crippen LogP contribution in [0.3, 0.4) is 0 Å². The summed E-state index contributed by atoms with van der Waals surface area (Å²) in [5, 5.41) is 0.565. The number of aryl methyl sites for hydroxylation is 1. The van der Waals surface area contributed by atoms with Crippen molar-refractivity contribution >= 4 is 32.7 Å². The Morgan fingerprint density at radius 3 is 2.29 bits per heavy atom. The average molecular weight is 442 g/mol. The molecule has 0 atom stereocenters. The summed E-state index contributed by atoms with van der Waals surface area (Å²) >= 11 is 0. The molecule has 3 aromatic rings. The van der Waals surface area contributed by atoms with Gasteiger partial charge < -0.3 is 9.47 Å². The molecule has 0 unspecified atom stereocenters. The standard InChI is InChI=1S/C24H27NO5S/c1-7-29-23(26)22-15-19-14-18(17(3)30-24(4,5)6)10-13-21(19)25(22)31(27,28)20-11-8-16(2)9-12-20/h8-15H,3,7H2,1-2,4-6H3. The van der Waals surface area contributed by atoms with Crippen molar-refractivity contribution in [1.82, 2.24) is 3.97 Å². The van der Waals surface area contributed by atoms with Gasteiger partial charge >= 0.3 is 5.97 Å². The molecule has 3 rings (SSSR count). The van der Waals surface area contributed by atoms with Crippen LogP contribution in [0.25, 0.3) is 16.7 Å². The number of hydrogen-bond donors (Lipinski definition) is 0. The van der Waals surface area contributed by atoms with Crippen LogP contribution >= 0.6 is 0 Å². The molecule has 0 N–H and O–H groups in total. The maximum atomic E-state index is 13.5. The first-order valence-corrected chi connectivity index (χ1v) is 11.4. The van der Waals surface area contributed by atoms with E-state index < -0.39 is 21.6 Å². The van der Waals surface area contributed by atoms with Gasteiger partial charge in [-0.25, -0.2) is 17.2 Å². The fourth-order valence-electron chi connectivity index (χ4n) is 3.21. The Hall–Kier alpha value is -3.06. The third-order valence-electron chi connectivity index (χ3n) is 4.55. The highest BCUT2D eigenvalue weighted by Crippen LogP contribution is 2.30. The molecule has 0 aliphatic heterocycles. The average Bonchev–Trinajstić information content (AvgIpc) is 3.07. The number of carbonyl (C=O) groups is 1. The highest BCUT2D eigenvalue weighted by atomic mass is 32.2. The SMILES string of the molecule is C=C(OC(C)(C)C)c1ccc2c(c1)cc(C(=O)OCC)n2S(=O)(=O)c1ccc(C)cc1. The van der Waals surface area contributed by atoms with Crippen molar-refractivity contribution in [1.29, 1.82) is 0 Å². The summed E-state index contributed by atoms with van der Waals surface area (Å²) in [4.78, 5) is 12.7. The highest BCUT2D eigenvalue weighted by molar-refractivity contribution is 7.90. The van der Waals surface area contributed by atoms with Crippen LogP contribution in [0.15, 0.2) is 60.0 Å². The van der Waals surface area contributed by atoms with Crippen molar-refractivity contribution in [2.75, 3.05) is 6.61 Å². The minimum absolute atomic E-state index is 0.0584. The second-order valence-corrected chi connectivity index (χ2v) is 10.0. The lowest BCUT2D eigenvalue weighted by atomic mass is 10.1. The third kappa shape index (κ3) is 4.66. The molecule has 0 amide bonds. The first kappa shape index (κ1) is 22.6. The van der Waals surface area contributed by atoms with Crippen molar-refractivity contribution in [3.05, 3.63) is 71.9 Å². The molecule has 0 bridgehead atoms. The molecule has 31 heavy (non-hydrogen) atoms. The van der Waals surface area contributed by atoms with Crippen LogP contribution in [0, 0.1) is 6.92 Å². The zero-order chi connectivity index (χ0) is 23.0. The van der Waals surface area contributed by atoms with E-state index in [0.29, 0.717) is 22.2 Å². The van der Waals surface area contributed by atoms with Gasteiger partial charge in [-0.15, -0.1) is 0 Å². The largest absolute Gasteiger partial charge is 0.488 e. The van der Waals surface area contributed by atoms with Crippen LogP contribution in [0.5, 0.6) is 0 Å². The Morgan fingerprint density at radius 2 is 1.71 bits per heavy atom. The zero-order valence-corrected chi connectivity index (χ0v) is 19.2. The molecule has 0 spiro atoms. The lowest BCUT2D eigenvalue weighted by molar-refractivity contribution is 0.0518. The third-order valence-corrected chi connectivity index (χ3v) is 6.29. The molecule has 2 aromatic carbocycles. The summed E-state index contributed by atoms with van der Waals surface area (Å²) in [6.45, 7) is 13.4. The molecular weight excluding hydrogens is 414 g/mol. The number of nitrogens with zero attached hydrogens (tertiary/aromatic N) is 1. The van der Waals surface area contributed by atoms with Gasteiger partial charge in [0.05, 0.1) is 17.0 Å². The minimum atomic E-state index is -4.03. The number of esters is 1. The van der Waals surface area contributed by atoms with E-state index in [0.717, 1.165) is 9.54 Å². The van der Waals surface area contributed by atoms with Crippen LogP contribution in [-0.2, 0) is 19.5 Å². The Balaban J connectivity index is 2.21. The smallest absolute Gasteiger partial charge is 0.356 e. The van der Waals surface area contributed by atoms with Crippen molar-refractivity contribution in [3.8, 4) is 0 Å². The van der Waals surface area contributed by atoms with E-state index in [4.69, 9.17) is 9.47 Å². The Labute approximate surface area is 183 Å². The lowest BCUT2D eigenvalue weighted by Gasteiger charge is -2.23. The van der Waals surface area contributed by atoms with Gasteiger partial charge in [-0.1, -0.05) is 24.3 Å². The normalized spacial score (nSPS) is 12.0. The van der Waals surface area contributed by atoms with Gasteiger partial charge in [0.15, 0.2) is 0 Å². The predicted molar refractivity (Wildman–Crippen MR) is 122 cm³/mol. The molecular formula is C24H27NO5S. The maximum absolute atomic E-state index is 13.5. The molecule has 0 radical (unpaired) electrons. The molecule has 164 valence electrons. The van der Waals surface area contributed by atoms with Gasteiger partial charge in [0.25, 0.3) is 10.0 Å². The van der Waals surface area contributed by atoms with Gasteiger partial charge in [-0.2, -0.15) is 0 Å². The van der Waals surface area contributed by atoms with Crippen molar-refractivity contribution in [3.63, 3.8) is 0 Å². The van der Waals surface area contributed by atoms with Crippen LogP contribution in [-0.4, -0.2) is 30.6 Å². The van der Waals surface area contributed by atoms with Gasteiger partial charge in [-0.05, 0) is 71.0 Å². The second kappa shape index (κ2) is 8.23. The van der Waals surface area contributed by atoms with Crippen LogP contribution < -0.4 is 0 Å². The van der Waals surface area contributed by atoms with Crippen molar-refractivity contribution < 1.29 is 22.7 Å². The van der Waals surface area contributed by atoms with Gasteiger partial charge in [0, 0.05) is 10.9 Å². The molecule has 0 aliphatic carbocycles. The number of fused-ring (bicyclic) bond motifs is 1. The van der Waals surface area contributed by atoms with E-state index in [-0.39, 0.29) is 17.2 Å². The molecule has 0 fully saturated rings. The topological polar surface area (TPSA) is 74.6 Å². The fraction of sp³-hybridized carbons (Fsp3) is 0.292. The van der Waals surface area contributed by atoms with E-state index >= 15 is 0 Å². The Kier molecular flexibility index (Phi) is 6.00. The monoisotopic (exact) mass is 441 g/mol. The number of aromatic nitrogens is 1. The Morgan fingerprint density at radius 1 is 1.06 bits per heavy atom. The zero-order valence-electron chi connectivity index (χ0n) is 18.4. The molecule has 0 aliphatic rings. The minimum Gasteiger partial charge on any atom is -0.488 e. The summed E-state index contributed by atoms with van der Waals surface area (Å²) < 4.78 is 38.9. The van der Waals surface area contributed by atoms with Crippen LogP contribution in [0.1, 0.15) is 49.3 Å². The number of hydrogen-bond acceptors (Lipinski definition) is 5. The van der Waals surface area contributed by atoms with Crippen molar-refractivity contribution in [2.45, 2.75) is 45.1 Å². The van der Waals surface area contributed by atoms with E-state index in [1.54, 1.807) is 37.3 Å². The van der Waals surface area contributed by atoms with Crippen molar-refractivity contribution in [2.24, 2.45) is 0 Å². The summed E-state index contributed by atoms with van der Waals surface area (Å²) in [5.74, 6) is -0.248. The lowest BCUT2D eigenvalue weighted by Crippen LogP contribution is -2.20. The summed E-state index contributed by atoms with van der Waals surface area (Å²) in [5.41, 5.74) is 1.52. The Bertz CT molecular complexity index is 1250. The van der Waals surface area contributed by atoms with Gasteiger partial charge in [0.2, 0.25) is 0 Å². The second-order valence-electron chi connectivity index (χ2n) is 8.24.